The van der Waals surface area contributed by atoms with Crippen LogP contribution in [0.3, 0.4) is 0 Å². The van der Waals surface area contributed by atoms with Gasteiger partial charge in [-0.2, -0.15) is 0 Å². The summed E-state index contributed by atoms with van der Waals surface area (Å²) in [4.78, 5) is 15.8. The second-order valence-corrected chi connectivity index (χ2v) is 5.83. The van der Waals surface area contributed by atoms with Crippen molar-refractivity contribution in [2.24, 2.45) is 0 Å². The number of esters is 1. The molecule has 1 aromatic carbocycles. The van der Waals surface area contributed by atoms with Crippen LogP contribution in [0.15, 0.2) is 42.7 Å². The number of hydrogen-bond acceptors (Lipinski definition) is 4. The number of pyridine rings is 1. The summed E-state index contributed by atoms with van der Waals surface area (Å²) < 4.78 is 11.8. The average Bonchev–Trinajstić information content (AvgIpc) is 2.54. The van der Waals surface area contributed by atoms with Crippen LogP contribution in [0.1, 0.15) is 29.3 Å². The molecule has 0 aliphatic carbocycles. The third-order valence-corrected chi connectivity index (χ3v) is 4.10. The molecule has 0 unspecified atom stereocenters. The topological polar surface area (TPSA) is 48.4 Å². The maximum atomic E-state index is 11.8. The first-order valence-corrected chi connectivity index (χ1v) is 8.27. The van der Waals surface area contributed by atoms with Crippen molar-refractivity contribution in [1.82, 2.24) is 4.98 Å². The van der Waals surface area contributed by atoms with Gasteiger partial charge in [-0.15, -0.1) is 0 Å². The molecule has 4 nitrogen and oxygen atoms in total. The van der Waals surface area contributed by atoms with Gasteiger partial charge in [0.25, 0.3) is 0 Å². The Labute approximate surface area is 144 Å². The summed E-state index contributed by atoms with van der Waals surface area (Å²) in [6.07, 6.45) is 5.14. The molecule has 0 bridgehead atoms. The van der Waals surface area contributed by atoms with Gasteiger partial charge in [0.05, 0.1) is 25.0 Å². The lowest BCUT2D eigenvalue weighted by Crippen LogP contribution is -2.06. The molecule has 22 heavy (non-hydrogen) atoms. The van der Waals surface area contributed by atoms with E-state index >= 15 is 0 Å². The van der Waals surface area contributed by atoms with Crippen LogP contribution in [-0.2, 0) is 11.2 Å². The Morgan fingerprint density at radius 3 is 2.91 bits per heavy atom. The number of carbonyl (C=O) groups is 1. The largest absolute Gasteiger partial charge is 0.492 e. The molecule has 116 valence electrons. The van der Waals surface area contributed by atoms with E-state index in [1.807, 2.05) is 24.3 Å². The molecule has 0 amide bonds. The first kappa shape index (κ1) is 16.7. The van der Waals surface area contributed by atoms with Crippen LogP contribution in [-0.4, -0.2) is 24.2 Å². The van der Waals surface area contributed by atoms with E-state index in [1.54, 1.807) is 25.4 Å². The summed E-state index contributed by atoms with van der Waals surface area (Å²) in [5.74, 6) is 0.504. The summed E-state index contributed by atoms with van der Waals surface area (Å²) >= 11 is 2.28. The SMILES string of the molecule is CCOC(=O)c1ccc(I)c(CCCOc2cccnc2)c1. The summed E-state index contributed by atoms with van der Waals surface area (Å²) in [5.41, 5.74) is 1.74. The molecule has 1 heterocycles. The third kappa shape index (κ3) is 4.98. The molecule has 0 fully saturated rings. The van der Waals surface area contributed by atoms with Crippen molar-refractivity contribution in [1.29, 1.82) is 0 Å². The quantitative estimate of drug-likeness (QED) is 0.394. The predicted molar refractivity (Wildman–Crippen MR) is 93.2 cm³/mol. The van der Waals surface area contributed by atoms with E-state index in [-0.39, 0.29) is 5.97 Å². The van der Waals surface area contributed by atoms with Gasteiger partial charge >= 0.3 is 5.97 Å². The Balaban J connectivity index is 1.89. The summed E-state index contributed by atoms with van der Waals surface area (Å²) in [5, 5.41) is 0. The Morgan fingerprint density at radius 2 is 2.18 bits per heavy atom. The van der Waals surface area contributed by atoms with Crippen LogP contribution in [0, 0.1) is 3.57 Å². The summed E-state index contributed by atoms with van der Waals surface area (Å²) in [6, 6.07) is 9.39. The van der Waals surface area contributed by atoms with Crippen LogP contribution in [0.25, 0.3) is 0 Å². The number of halogens is 1. The Morgan fingerprint density at radius 1 is 1.32 bits per heavy atom. The summed E-state index contributed by atoms with van der Waals surface area (Å²) in [7, 11) is 0. The maximum Gasteiger partial charge on any atom is 0.338 e. The van der Waals surface area contributed by atoms with Gasteiger partial charge in [0, 0.05) is 9.77 Å². The Kier molecular flexibility index (Phi) is 6.64. The van der Waals surface area contributed by atoms with Crippen LogP contribution >= 0.6 is 22.6 Å². The fraction of sp³-hybridized carbons (Fsp3) is 0.294. The second-order valence-electron chi connectivity index (χ2n) is 4.67. The standard InChI is InChI=1S/C17H18INO3/c1-2-21-17(20)14-7-8-16(18)13(11-14)5-4-10-22-15-6-3-9-19-12-15/h3,6-9,11-12H,2,4-5,10H2,1H3. The van der Waals surface area contributed by atoms with Crippen molar-refractivity contribution in [2.75, 3.05) is 13.2 Å². The third-order valence-electron chi connectivity index (χ3n) is 3.05. The minimum atomic E-state index is -0.272. The van der Waals surface area contributed by atoms with Gasteiger partial charge in [-0.1, -0.05) is 0 Å². The second kappa shape index (κ2) is 8.73. The average molecular weight is 411 g/mol. The zero-order chi connectivity index (χ0) is 15.8. The molecule has 0 aliphatic heterocycles. The highest BCUT2D eigenvalue weighted by molar-refractivity contribution is 14.1. The lowest BCUT2D eigenvalue weighted by atomic mass is 10.1. The van der Waals surface area contributed by atoms with Crippen LogP contribution < -0.4 is 4.74 Å². The smallest absolute Gasteiger partial charge is 0.338 e. The van der Waals surface area contributed by atoms with Gasteiger partial charge in [0.15, 0.2) is 0 Å². The molecule has 0 N–H and O–H groups in total. The fourth-order valence-corrected chi connectivity index (χ4v) is 2.60. The minimum absolute atomic E-state index is 0.272. The van der Waals surface area contributed by atoms with Gasteiger partial charge in [0.1, 0.15) is 5.75 Å². The van der Waals surface area contributed by atoms with Crippen LogP contribution in [0.2, 0.25) is 0 Å². The van der Waals surface area contributed by atoms with E-state index < -0.39 is 0 Å². The Bertz CT molecular complexity index is 617. The van der Waals surface area contributed by atoms with Crippen LogP contribution in [0.5, 0.6) is 5.75 Å². The van der Waals surface area contributed by atoms with Gasteiger partial charge in [-0.05, 0) is 78.3 Å². The van der Waals surface area contributed by atoms with Crippen molar-refractivity contribution in [2.45, 2.75) is 19.8 Å². The first-order valence-electron chi connectivity index (χ1n) is 7.19. The molecule has 5 heteroatoms. The molecular weight excluding hydrogens is 393 g/mol. The van der Waals surface area contributed by atoms with E-state index in [4.69, 9.17) is 9.47 Å². The zero-order valence-electron chi connectivity index (χ0n) is 12.4. The molecule has 0 saturated heterocycles. The van der Waals surface area contributed by atoms with Crippen molar-refractivity contribution in [3.63, 3.8) is 0 Å². The molecule has 0 aliphatic rings. The van der Waals surface area contributed by atoms with Crippen molar-refractivity contribution < 1.29 is 14.3 Å². The molecule has 0 radical (unpaired) electrons. The van der Waals surface area contributed by atoms with E-state index in [1.165, 1.54) is 0 Å². The van der Waals surface area contributed by atoms with Gasteiger partial charge in [0.2, 0.25) is 0 Å². The highest BCUT2D eigenvalue weighted by Crippen LogP contribution is 2.17. The van der Waals surface area contributed by atoms with Crippen molar-refractivity contribution >= 4 is 28.6 Å². The molecule has 0 saturated carbocycles. The number of aryl methyl sites for hydroxylation is 1. The van der Waals surface area contributed by atoms with E-state index in [0.717, 1.165) is 27.7 Å². The van der Waals surface area contributed by atoms with E-state index in [9.17, 15) is 4.79 Å². The molecule has 0 atom stereocenters. The van der Waals surface area contributed by atoms with Gasteiger partial charge in [-0.25, -0.2) is 4.79 Å². The highest BCUT2D eigenvalue weighted by Gasteiger charge is 2.09. The van der Waals surface area contributed by atoms with Gasteiger partial charge in [-0.3, -0.25) is 4.98 Å². The van der Waals surface area contributed by atoms with Crippen molar-refractivity contribution in [3.05, 3.63) is 57.4 Å². The van der Waals surface area contributed by atoms with Crippen LogP contribution in [0.4, 0.5) is 0 Å². The lowest BCUT2D eigenvalue weighted by Gasteiger charge is -2.09. The molecule has 2 rings (SSSR count). The molecular formula is C17H18INO3. The maximum absolute atomic E-state index is 11.8. The highest BCUT2D eigenvalue weighted by atomic mass is 127. The predicted octanol–water partition coefficient (Wildman–Crippen LogP) is 3.87. The van der Waals surface area contributed by atoms with Gasteiger partial charge < -0.3 is 9.47 Å². The lowest BCUT2D eigenvalue weighted by molar-refractivity contribution is 0.0526. The van der Waals surface area contributed by atoms with E-state index in [0.29, 0.717) is 18.8 Å². The van der Waals surface area contributed by atoms with Crippen molar-refractivity contribution in [3.8, 4) is 5.75 Å². The van der Waals surface area contributed by atoms with E-state index in [2.05, 4.69) is 27.6 Å². The molecule has 2 aromatic rings. The normalized spacial score (nSPS) is 10.3. The monoisotopic (exact) mass is 411 g/mol. The number of benzene rings is 1. The molecule has 1 aromatic heterocycles. The number of rotatable bonds is 7. The molecule has 0 spiro atoms. The number of nitrogens with zero attached hydrogens (tertiary/aromatic N) is 1. The summed E-state index contributed by atoms with van der Waals surface area (Å²) in [6.45, 7) is 2.81. The number of hydrogen-bond donors (Lipinski definition) is 0. The minimum Gasteiger partial charge on any atom is -0.492 e. The zero-order valence-corrected chi connectivity index (χ0v) is 14.6. The Hall–Kier alpha value is -1.63. The first-order chi connectivity index (χ1) is 10.7. The number of carbonyl (C=O) groups excluding carboxylic acids is 1. The number of ether oxygens (including phenoxy) is 2. The number of aromatic nitrogens is 1. The fourth-order valence-electron chi connectivity index (χ4n) is 1.99.